The maximum atomic E-state index is 10.8. The minimum absolute atomic E-state index is 0.0990. The Hall–Kier alpha value is -2.23. The van der Waals surface area contributed by atoms with Gasteiger partial charge >= 0.3 is 5.69 Å². The lowest BCUT2D eigenvalue weighted by atomic mass is 10.2. The number of nitrogens with zero attached hydrogens (tertiary/aromatic N) is 3. The largest absolute Gasteiger partial charge is 0.496 e. The van der Waals surface area contributed by atoms with Gasteiger partial charge in [0.2, 0.25) is 5.82 Å². The molecule has 0 saturated carbocycles. The summed E-state index contributed by atoms with van der Waals surface area (Å²) in [6, 6.07) is 8.41. The molecule has 0 aliphatic heterocycles. The minimum atomic E-state index is -0.513. The zero-order valence-corrected chi connectivity index (χ0v) is 13.1. The first-order valence-corrected chi connectivity index (χ1v) is 6.91. The van der Waals surface area contributed by atoms with E-state index in [2.05, 4.69) is 38.1 Å². The summed E-state index contributed by atoms with van der Waals surface area (Å²) in [4.78, 5) is 14.2. The average molecular weight is 398 g/mol. The van der Waals surface area contributed by atoms with E-state index < -0.39 is 4.92 Å². The zero-order chi connectivity index (χ0) is 15.2. The fraction of sp³-hybridized carbons (Fsp3) is 0.0769. The van der Waals surface area contributed by atoms with Gasteiger partial charge in [0.15, 0.2) is 0 Å². The van der Waals surface area contributed by atoms with E-state index in [0.29, 0.717) is 0 Å². The fourth-order valence-corrected chi connectivity index (χ4v) is 2.32. The molecule has 2 aromatic rings. The number of hydrogen-bond donors (Lipinski definition) is 1. The molecule has 0 aliphatic rings. The van der Waals surface area contributed by atoms with Crippen molar-refractivity contribution in [2.24, 2.45) is 5.10 Å². The SMILES string of the molecule is COc1ccc(/C=N\Nc2ncccc2[N+](=O)[O-])cc1I. The van der Waals surface area contributed by atoms with E-state index in [-0.39, 0.29) is 11.5 Å². The Bertz CT molecular complexity index is 691. The van der Waals surface area contributed by atoms with E-state index in [1.165, 1.54) is 18.3 Å². The third-order valence-electron chi connectivity index (χ3n) is 2.54. The van der Waals surface area contributed by atoms with Gasteiger partial charge in [-0.1, -0.05) is 0 Å². The molecule has 0 atom stereocenters. The second-order valence-electron chi connectivity index (χ2n) is 3.89. The van der Waals surface area contributed by atoms with Crippen molar-refractivity contribution in [3.63, 3.8) is 0 Å². The zero-order valence-electron chi connectivity index (χ0n) is 11.0. The predicted octanol–water partition coefficient (Wildman–Crippen LogP) is 3.05. The first-order valence-electron chi connectivity index (χ1n) is 5.84. The number of hydrogen-bond acceptors (Lipinski definition) is 6. The van der Waals surface area contributed by atoms with Gasteiger partial charge in [-0.05, 0) is 52.4 Å². The van der Waals surface area contributed by atoms with Gasteiger partial charge in [-0.25, -0.2) is 4.98 Å². The Morgan fingerprint density at radius 1 is 1.48 bits per heavy atom. The highest BCUT2D eigenvalue weighted by atomic mass is 127. The normalized spacial score (nSPS) is 10.6. The Balaban J connectivity index is 2.13. The third kappa shape index (κ3) is 3.88. The molecule has 0 aliphatic carbocycles. The van der Waals surface area contributed by atoms with Crippen LogP contribution in [0.2, 0.25) is 0 Å². The molecular formula is C13H11IN4O3. The first kappa shape index (κ1) is 15.2. The van der Waals surface area contributed by atoms with Gasteiger partial charge in [0.05, 0.1) is 21.8 Å². The van der Waals surface area contributed by atoms with Crippen LogP contribution in [0, 0.1) is 13.7 Å². The number of nitrogens with one attached hydrogen (secondary N) is 1. The van der Waals surface area contributed by atoms with Crippen molar-refractivity contribution in [3.05, 3.63) is 55.8 Å². The quantitative estimate of drug-likeness (QED) is 0.362. The standard InChI is InChI=1S/C13H11IN4O3/c1-21-12-5-4-9(7-10(12)14)8-16-17-13-11(18(19)20)3-2-6-15-13/h2-8H,1H3,(H,15,17)/b16-8-. The highest BCUT2D eigenvalue weighted by Gasteiger charge is 2.12. The summed E-state index contributed by atoms with van der Waals surface area (Å²) < 4.78 is 6.11. The monoisotopic (exact) mass is 398 g/mol. The van der Waals surface area contributed by atoms with Crippen LogP contribution in [0.15, 0.2) is 41.6 Å². The van der Waals surface area contributed by atoms with Crippen LogP contribution in [-0.4, -0.2) is 23.2 Å². The van der Waals surface area contributed by atoms with Gasteiger partial charge in [0, 0.05) is 12.3 Å². The summed E-state index contributed by atoms with van der Waals surface area (Å²) in [6.45, 7) is 0. The number of hydrazone groups is 1. The lowest BCUT2D eigenvalue weighted by Gasteiger charge is -2.03. The summed E-state index contributed by atoms with van der Waals surface area (Å²) in [5.74, 6) is 0.878. The van der Waals surface area contributed by atoms with Gasteiger partial charge in [-0.2, -0.15) is 5.10 Å². The highest BCUT2D eigenvalue weighted by Crippen LogP contribution is 2.21. The van der Waals surface area contributed by atoms with Crippen molar-refractivity contribution < 1.29 is 9.66 Å². The van der Waals surface area contributed by atoms with E-state index in [0.717, 1.165) is 14.9 Å². The van der Waals surface area contributed by atoms with Crippen LogP contribution in [0.3, 0.4) is 0 Å². The van der Waals surface area contributed by atoms with Crippen LogP contribution in [0.25, 0.3) is 0 Å². The molecule has 0 radical (unpaired) electrons. The smallest absolute Gasteiger partial charge is 0.313 e. The lowest BCUT2D eigenvalue weighted by Crippen LogP contribution is -1.99. The molecule has 1 heterocycles. The number of ether oxygens (including phenoxy) is 1. The molecular weight excluding hydrogens is 387 g/mol. The molecule has 108 valence electrons. The van der Waals surface area contributed by atoms with E-state index >= 15 is 0 Å². The van der Waals surface area contributed by atoms with E-state index in [1.807, 2.05) is 18.2 Å². The number of rotatable bonds is 5. The van der Waals surface area contributed by atoms with Gasteiger partial charge in [-0.3, -0.25) is 15.5 Å². The van der Waals surface area contributed by atoms with Crippen LogP contribution >= 0.6 is 22.6 Å². The molecule has 2 rings (SSSR count). The summed E-state index contributed by atoms with van der Waals surface area (Å²) in [6.07, 6.45) is 3.02. The van der Waals surface area contributed by atoms with Crippen molar-refractivity contribution in [1.82, 2.24) is 4.98 Å². The van der Waals surface area contributed by atoms with Crippen molar-refractivity contribution in [2.45, 2.75) is 0 Å². The van der Waals surface area contributed by atoms with Gasteiger partial charge in [-0.15, -0.1) is 0 Å². The molecule has 0 unspecified atom stereocenters. The van der Waals surface area contributed by atoms with Crippen LogP contribution in [-0.2, 0) is 0 Å². The Kier molecular flexibility index (Phi) is 5.04. The van der Waals surface area contributed by atoms with Gasteiger partial charge < -0.3 is 4.74 Å². The molecule has 0 amide bonds. The molecule has 7 nitrogen and oxygen atoms in total. The number of benzene rings is 1. The molecule has 21 heavy (non-hydrogen) atoms. The molecule has 1 N–H and O–H groups in total. The number of pyridine rings is 1. The third-order valence-corrected chi connectivity index (χ3v) is 3.39. The number of halogens is 1. The van der Waals surface area contributed by atoms with Gasteiger partial charge in [0.1, 0.15) is 5.75 Å². The number of aromatic nitrogens is 1. The van der Waals surface area contributed by atoms with Crippen molar-refractivity contribution in [1.29, 1.82) is 0 Å². The predicted molar refractivity (Wildman–Crippen MR) is 87.8 cm³/mol. The minimum Gasteiger partial charge on any atom is -0.496 e. The second-order valence-corrected chi connectivity index (χ2v) is 5.05. The van der Waals surface area contributed by atoms with Crippen LogP contribution in [0.5, 0.6) is 5.75 Å². The Morgan fingerprint density at radius 3 is 2.95 bits per heavy atom. The summed E-state index contributed by atoms with van der Waals surface area (Å²) >= 11 is 2.15. The molecule has 0 spiro atoms. The molecule has 0 fully saturated rings. The maximum absolute atomic E-state index is 10.8. The second kappa shape index (κ2) is 6.97. The van der Waals surface area contributed by atoms with Crippen molar-refractivity contribution in [3.8, 4) is 5.75 Å². The Morgan fingerprint density at radius 2 is 2.29 bits per heavy atom. The summed E-state index contributed by atoms with van der Waals surface area (Å²) in [5.41, 5.74) is 3.29. The Labute approximate surface area is 134 Å². The molecule has 1 aromatic heterocycles. The van der Waals surface area contributed by atoms with E-state index in [1.54, 1.807) is 13.3 Å². The highest BCUT2D eigenvalue weighted by molar-refractivity contribution is 14.1. The van der Waals surface area contributed by atoms with E-state index in [4.69, 9.17) is 4.74 Å². The fourth-order valence-electron chi connectivity index (χ4n) is 1.56. The molecule has 8 heteroatoms. The molecule has 0 saturated heterocycles. The molecule has 1 aromatic carbocycles. The van der Waals surface area contributed by atoms with Crippen LogP contribution in [0.1, 0.15) is 5.56 Å². The number of methoxy groups -OCH3 is 1. The topological polar surface area (TPSA) is 89.7 Å². The average Bonchev–Trinajstić information content (AvgIpc) is 2.48. The van der Waals surface area contributed by atoms with Crippen LogP contribution < -0.4 is 10.2 Å². The van der Waals surface area contributed by atoms with Gasteiger partial charge in [0.25, 0.3) is 0 Å². The number of nitro groups is 1. The lowest BCUT2D eigenvalue weighted by molar-refractivity contribution is -0.384. The molecule has 0 bridgehead atoms. The summed E-state index contributed by atoms with van der Waals surface area (Å²) in [5, 5.41) is 14.8. The summed E-state index contributed by atoms with van der Waals surface area (Å²) in [7, 11) is 1.60. The van der Waals surface area contributed by atoms with Crippen LogP contribution in [0.4, 0.5) is 11.5 Å². The van der Waals surface area contributed by atoms with Crippen molar-refractivity contribution in [2.75, 3.05) is 12.5 Å². The first-order chi connectivity index (χ1) is 10.1. The van der Waals surface area contributed by atoms with Crippen molar-refractivity contribution >= 4 is 40.3 Å². The number of anilines is 1. The maximum Gasteiger partial charge on any atom is 0.313 e. The van der Waals surface area contributed by atoms with E-state index in [9.17, 15) is 10.1 Å².